The maximum atomic E-state index is 15.3. The molecule has 31 heavy (non-hydrogen) atoms. The minimum Gasteiger partial charge on any atom is -0.472 e. The van der Waals surface area contributed by atoms with E-state index in [-0.39, 0.29) is 35.7 Å². The lowest BCUT2D eigenvalue weighted by molar-refractivity contribution is 0.0380. The summed E-state index contributed by atoms with van der Waals surface area (Å²) in [6.07, 6.45) is 3.74. The minimum absolute atomic E-state index is 0.0264. The van der Waals surface area contributed by atoms with Crippen molar-refractivity contribution in [3.05, 3.63) is 18.2 Å². The quantitative estimate of drug-likeness (QED) is 0.700. The molecule has 1 saturated carbocycles. The van der Waals surface area contributed by atoms with Gasteiger partial charge in [0.25, 0.3) is 5.88 Å². The molecule has 0 unspecified atom stereocenters. The van der Waals surface area contributed by atoms with Crippen LogP contribution in [0.15, 0.2) is 12.4 Å². The Morgan fingerprint density at radius 2 is 1.97 bits per heavy atom. The fourth-order valence-corrected chi connectivity index (χ4v) is 3.50. The van der Waals surface area contributed by atoms with E-state index in [9.17, 15) is 4.79 Å². The summed E-state index contributed by atoms with van der Waals surface area (Å²) in [6.45, 7) is 2.25. The number of rotatable bonds is 5. The van der Waals surface area contributed by atoms with E-state index < -0.39 is 5.82 Å². The first-order valence-corrected chi connectivity index (χ1v) is 10.1. The number of nitrogens with two attached hydrogens (primary N) is 1. The molecular weight excluding hydrogens is 407 g/mol. The van der Waals surface area contributed by atoms with Crippen LogP contribution in [0.25, 0.3) is 11.3 Å². The fourth-order valence-electron chi connectivity index (χ4n) is 3.50. The molecule has 11 nitrogen and oxygen atoms in total. The SMILES string of the molecule is CNC(=O)N(C)C1CC(Oc2nc(N3CCOCC3)nc(-c3cnc(N)nc3)c2F)C1. The summed E-state index contributed by atoms with van der Waals surface area (Å²) in [5.41, 5.74) is 5.97. The predicted molar refractivity (Wildman–Crippen MR) is 110 cm³/mol. The first-order valence-electron chi connectivity index (χ1n) is 10.1. The van der Waals surface area contributed by atoms with Crippen molar-refractivity contribution < 1.29 is 18.7 Å². The first kappa shape index (κ1) is 21.0. The van der Waals surface area contributed by atoms with Crippen LogP contribution >= 0.6 is 0 Å². The van der Waals surface area contributed by atoms with E-state index in [0.717, 1.165) is 0 Å². The molecule has 2 aromatic rings. The number of hydrogen-bond acceptors (Lipinski definition) is 9. The second-order valence-corrected chi connectivity index (χ2v) is 7.45. The molecule has 0 aromatic carbocycles. The highest BCUT2D eigenvalue weighted by atomic mass is 19.1. The van der Waals surface area contributed by atoms with Gasteiger partial charge in [-0.05, 0) is 0 Å². The van der Waals surface area contributed by atoms with Gasteiger partial charge >= 0.3 is 6.03 Å². The van der Waals surface area contributed by atoms with Crippen molar-refractivity contribution in [2.75, 3.05) is 51.0 Å². The summed E-state index contributed by atoms with van der Waals surface area (Å²) >= 11 is 0. The van der Waals surface area contributed by atoms with Crippen molar-refractivity contribution in [2.45, 2.75) is 25.0 Å². The molecule has 12 heteroatoms. The number of halogens is 1. The molecule has 166 valence electrons. The zero-order valence-electron chi connectivity index (χ0n) is 17.4. The number of aromatic nitrogens is 4. The summed E-state index contributed by atoms with van der Waals surface area (Å²) in [7, 11) is 3.30. The van der Waals surface area contributed by atoms with E-state index in [2.05, 4.69) is 25.3 Å². The normalized spacial score (nSPS) is 20.7. The molecular formula is C19H25FN8O3. The third-order valence-corrected chi connectivity index (χ3v) is 5.48. The van der Waals surface area contributed by atoms with Crippen molar-refractivity contribution in [3.63, 3.8) is 0 Å². The molecule has 0 bridgehead atoms. The number of carbonyl (C=O) groups is 1. The third kappa shape index (κ3) is 4.43. The molecule has 2 amide bonds. The average Bonchev–Trinajstić information content (AvgIpc) is 2.77. The molecule has 0 atom stereocenters. The largest absolute Gasteiger partial charge is 0.472 e. The van der Waals surface area contributed by atoms with Crippen molar-refractivity contribution in [1.82, 2.24) is 30.2 Å². The molecule has 3 heterocycles. The van der Waals surface area contributed by atoms with Gasteiger partial charge in [0.15, 0.2) is 0 Å². The number of amides is 2. The van der Waals surface area contributed by atoms with E-state index >= 15 is 4.39 Å². The van der Waals surface area contributed by atoms with Crippen LogP contribution in [0.5, 0.6) is 5.88 Å². The van der Waals surface area contributed by atoms with Gasteiger partial charge in [0, 0.05) is 64.0 Å². The van der Waals surface area contributed by atoms with Crippen molar-refractivity contribution in [3.8, 4) is 17.1 Å². The van der Waals surface area contributed by atoms with Gasteiger partial charge in [-0.3, -0.25) is 0 Å². The summed E-state index contributed by atoms with van der Waals surface area (Å²) < 4.78 is 26.6. The maximum absolute atomic E-state index is 15.3. The fraction of sp³-hybridized carbons (Fsp3) is 0.526. The lowest BCUT2D eigenvalue weighted by Crippen LogP contribution is -2.52. The number of ether oxygens (including phenoxy) is 2. The molecule has 2 aromatic heterocycles. The summed E-state index contributed by atoms with van der Waals surface area (Å²) in [4.78, 5) is 31.9. The predicted octanol–water partition coefficient (Wildman–Crippen LogP) is 0.672. The first-order chi connectivity index (χ1) is 15.0. The van der Waals surface area contributed by atoms with Crippen LogP contribution in [0.3, 0.4) is 0 Å². The Morgan fingerprint density at radius 3 is 2.61 bits per heavy atom. The Kier molecular flexibility index (Phi) is 5.98. The van der Waals surface area contributed by atoms with Crippen LogP contribution in [-0.4, -0.2) is 83.4 Å². The monoisotopic (exact) mass is 432 g/mol. The highest BCUT2D eigenvalue weighted by Gasteiger charge is 2.37. The number of nitrogens with one attached hydrogen (secondary N) is 1. The maximum Gasteiger partial charge on any atom is 0.317 e. The number of anilines is 2. The number of urea groups is 1. The molecule has 1 saturated heterocycles. The third-order valence-electron chi connectivity index (χ3n) is 5.48. The Hall–Kier alpha value is -3.28. The molecule has 3 N–H and O–H groups in total. The Bertz CT molecular complexity index is 932. The van der Waals surface area contributed by atoms with Crippen molar-refractivity contribution in [1.29, 1.82) is 0 Å². The van der Waals surface area contributed by atoms with Gasteiger partial charge < -0.3 is 30.3 Å². The van der Waals surface area contributed by atoms with E-state index in [0.29, 0.717) is 50.7 Å². The van der Waals surface area contributed by atoms with Gasteiger partial charge in [0.2, 0.25) is 17.7 Å². The molecule has 1 aliphatic heterocycles. The Morgan fingerprint density at radius 1 is 1.29 bits per heavy atom. The van der Waals surface area contributed by atoms with Gasteiger partial charge in [-0.25, -0.2) is 19.7 Å². The zero-order chi connectivity index (χ0) is 22.0. The topological polar surface area (TPSA) is 132 Å². The van der Waals surface area contributed by atoms with Crippen LogP contribution in [0.4, 0.5) is 21.1 Å². The van der Waals surface area contributed by atoms with Crippen LogP contribution in [0.2, 0.25) is 0 Å². The highest BCUT2D eigenvalue weighted by molar-refractivity contribution is 5.74. The van der Waals surface area contributed by atoms with Gasteiger partial charge in [-0.2, -0.15) is 9.37 Å². The van der Waals surface area contributed by atoms with Crippen LogP contribution < -0.4 is 20.7 Å². The van der Waals surface area contributed by atoms with Crippen LogP contribution in [-0.2, 0) is 4.74 Å². The minimum atomic E-state index is -0.687. The Labute approximate surface area is 178 Å². The number of morpholine rings is 1. The van der Waals surface area contributed by atoms with Crippen molar-refractivity contribution >= 4 is 17.9 Å². The highest BCUT2D eigenvalue weighted by Crippen LogP contribution is 2.33. The van der Waals surface area contributed by atoms with Gasteiger partial charge in [-0.15, -0.1) is 0 Å². The van der Waals surface area contributed by atoms with Gasteiger partial charge in [0.05, 0.1) is 13.2 Å². The number of nitrogens with zero attached hydrogens (tertiary/aromatic N) is 6. The smallest absolute Gasteiger partial charge is 0.317 e. The number of hydrogen-bond donors (Lipinski definition) is 2. The molecule has 0 spiro atoms. The summed E-state index contributed by atoms with van der Waals surface area (Å²) in [6, 6.07) is -0.143. The van der Waals surface area contributed by atoms with Crippen molar-refractivity contribution in [2.24, 2.45) is 0 Å². The molecule has 1 aliphatic carbocycles. The zero-order valence-corrected chi connectivity index (χ0v) is 17.4. The van der Waals surface area contributed by atoms with E-state index in [4.69, 9.17) is 15.2 Å². The summed E-state index contributed by atoms with van der Waals surface area (Å²) in [5, 5.41) is 2.59. The van der Waals surface area contributed by atoms with E-state index in [1.54, 1.807) is 19.0 Å². The number of nitrogen functional groups attached to an aromatic ring is 1. The van der Waals surface area contributed by atoms with Gasteiger partial charge in [0.1, 0.15) is 11.8 Å². The average molecular weight is 432 g/mol. The van der Waals surface area contributed by atoms with Gasteiger partial charge in [-0.1, -0.05) is 0 Å². The number of carbonyl (C=O) groups excluding carboxylic acids is 1. The van der Waals surface area contributed by atoms with Crippen LogP contribution in [0, 0.1) is 5.82 Å². The standard InChI is InChI=1S/C19H25FN8O3/c1-22-19(29)27(2)12-7-13(8-12)31-16-14(20)15(11-9-23-17(21)24-10-11)25-18(26-16)28-3-5-30-6-4-28/h9-10,12-13H,3-8H2,1-2H3,(H,22,29)(H2,21,23,24). The lowest BCUT2D eigenvalue weighted by atomic mass is 9.88. The second-order valence-electron chi connectivity index (χ2n) is 7.45. The molecule has 4 rings (SSSR count). The van der Waals surface area contributed by atoms with E-state index in [1.165, 1.54) is 12.4 Å². The van der Waals surface area contributed by atoms with E-state index in [1.807, 2.05) is 4.90 Å². The molecule has 2 aliphatic rings. The lowest BCUT2D eigenvalue weighted by Gasteiger charge is -2.40. The second kappa shape index (κ2) is 8.84. The molecule has 2 fully saturated rings. The molecule has 0 radical (unpaired) electrons. The van der Waals surface area contributed by atoms with Crippen LogP contribution in [0.1, 0.15) is 12.8 Å². The summed E-state index contributed by atoms with van der Waals surface area (Å²) in [5.74, 6) is -0.378. The Balaban J connectivity index is 1.58.